The summed E-state index contributed by atoms with van der Waals surface area (Å²) in [5, 5.41) is 0.798. The minimum atomic E-state index is -0.0117. The number of amides is 1. The molecule has 3 heterocycles. The Kier molecular flexibility index (Phi) is 5.57. The second kappa shape index (κ2) is 7.93. The number of hydrogen-bond donors (Lipinski definition) is 1. The van der Waals surface area contributed by atoms with Crippen LogP contribution in [-0.4, -0.2) is 51.8 Å². The number of aromatic nitrogens is 2. The van der Waals surface area contributed by atoms with Gasteiger partial charge in [-0.25, -0.2) is 4.98 Å². The van der Waals surface area contributed by atoms with E-state index >= 15 is 0 Å². The van der Waals surface area contributed by atoms with Crippen molar-refractivity contribution in [3.8, 4) is 0 Å². The molecule has 1 aliphatic heterocycles. The molecule has 8 heteroatoms. The highest BCUT2D eigenvalue weighted by atomic mass is 32.2. The maximum absolute atomic E-state index is 12.5. The Balaban J connectivity index is 1.32. The summed E-state index contributed by atoms with van der Waals surface area (Å²) < 4.78 is 5.68. The minimum absolute atomic E-state index is 0.0117. The first kappa shape index (κ1) is 19.0. The first-order chi connectivity index (χ1) is 13.0. The van der Waals surface area contributed by atoms with Crippen molar-refractivity contribution in [2.45, 2.75) is 57.5 Å². The number of carbonyl (C=O) groups is 1. The lowest BCUT2D eigenvalue weighted by Gasteiger charge is -2.35. The third-order valence-corrected chi connectivity index (χ3v) is 7.25. The Morgan fingerprint density at radius 1 is 1.33 bits per heavy atom. The van der Waals surface area contributed by atoms with Crippen molar-refractivity contribution in [2.24, 2.45) is 0 Å². The number of fused-ring (bicyclic) bond motifs is 3. The first-order valence-corrected chi connectivity index (χ1v) is 11.5. The van der Waals surface area contributed by atoms with Crippen molar-refractivity contribution in [1.29, 1.82) is 0 Å². The molecule has 1 N–H and O–H groups in total. The van der Waals surface area contributed by atoms with Gasteiger partial charge in [0.25, 0.3) is 5.56 Å². The predicted molar refractivity (Wildman–Crippen MR) is 110 cm³/mol. The fourth-order valence-corrected chi connectivity index (χ4v) is 6.06. The van der Waals surface area contributed by atoms with Crippen molar-refractivity contribution in [2.75, 3.05) is 18.8 Å². The molecule has 1 amide bonds. The van der Waals surface area contributed by atoms with E-state index < -0.39 is 0 Å². The van der Waals surface area contributed by atoms with Crippen LogP contribution >= 0.6 is 23.1 Å². The van der Waals surface area contributed by atoms with E-state index in [9.17, 15) is 9.59 Å². The van der Waals surface area contributed by atoms with Crippen LogP contribution in [0.25, 0.3) is 10.2 Å². The summed E-state index contributed by atoms with van der Waals surface area (Å²) in [7, 11) is 0. The van der Waals surface area contributed by atoms with E-state index in [1.165, 1.54) is 10.4 Å². The molecule has 2 aromatic heterocycles. The molecule has 27 heavy (non-hydrogen) atoms. The second-order valence-electron chi connectivity index (χ2n) is 7.41. The number of morpholine rings is 1. The normalized spacial score (nSPS) is 22.4. The molecule has 0 bridgehead atoms. The van der Waals surface area contributed by atoms with Crippen LogP contribution in [0.15, 0.2) is 4.79 Å². The van der Waals surface area contributed by atoms with Gasteiger partial charge in [0.05, 0.1) is 23.3 Å². The molecule has 1 aliphatic carbocycles. The molecule has 0 aromatic carbocycles. The van der Waals surface area contributed by atoms with E-state index in [0.717, 1.165) is 35.2 Å². The van der Waals surface area contributed by atoms with Crippen molar-refractivity contribution < 1.29 is 9.53 Å². The number of hydrogen-bond acceptors (Lipinski definition) is 6. The zero-order valence-corrected chi connectivity index (χ0v) is 17.4. The molecule has 6 nitrogen and oxygen atoms in total. The second-order valence-corrected chi connectivity index (χ2v) is 9.60. The topological polar surface area (TPSA) is 75.3 Å². The summed E-state index contributed by atoms with van der Waals surface area (Å²) in [6.07, 6.45) is 3.90. The number of thioether (sulfide) groups is 1. The van der Waals surface area contributed by atoms with E-state index in [1.54, 1.807) is 23.1 Å². The minimum Gasteiger partial charge on any atom is -0.372 e. The number of ether oxygens (including phenoxy) is 1. The zero-order valence-electron chi connectivity index (χ0n) is 15.7. The fourth-order valence-electron chi connectivity index (χ4n) is 3.98. The van der Waals surface area contributed by atoms with Crippen molar-refractivity contribution in [3.05, 3.63) is 26.6 Å². The van der Waals surface area contributed by atoms with Gasteiger partial charge in [0.2, 0.25) is 5.91 Å². The Bertz CT molecular complexity index is 897. The highest BCUT2D eigenvalue weighted by Gasteiger charge is 2.25. The number of H-pyrrole nitrogens is 1. The summed E-state index contributed by atoms with van der Waals surface area (Å²) >= 11 is 3.31. The number of thiophene rings is 1. The van der Waals surface area contributed by atoms with Crippen LogP contribution in [0.4, 0.5) is 0 Å². The predicted octanol–water partition coefficient (Wildman–Crippen LogP) is 2.73. The standard InChI is InChI=1S/C19H25N3O3S2/c1-11-8-22(9-12(2)25-11)16(23)6-7-26-10-15-20-18(24)17-13-4-3-5-14(13)27-19(17)21-15/h11-12H,3-10H2,1-2H3,(H,20,21,24). The van der Waals surface area contributed by atoms with Crippen LogP contribution in [0.5, 0.6) is 0 Å². The Morgan fingerprint density at radius 2 is 2.11 bits per heavy atom. The third kappa shape index (κ3) is 4.07. The molecule has 0 spiro atoms. The summed E-state index contributed by atoms with van der Waals surface area (Å²) in [6.45, 7) is 5.34. The quantitative estimate of drug-likeness (QED) is 0.772. The lowest BCUT2D eigenvalue weighted by atomic mass is 10.2. The molecule has 2 aromatic rings. The molecule has 2 aliphatic rings. The Morgan fingerprint density at radius 3 is 2.89 bits per heavy atom. The summed E-state index contributed by atoms with van der Waals surface area (Å²) in [5.41, 5.74) is 1.20. The SMILES string of the molecule is CC1CN(C(=O)CCSCc2nc3sc4c(c3c(=O)[nH]2)CCC4)CC(C)O1. The molecule has 146 valence electrons. The number of nitrogens with one attached hydrogen (secondary N) is 1. The van der Waals surface area contributed by atoms with Gasteiger partial charge in [-0.15, -0.1) is 11.3 Å². The maximum atomic E-state index is 12.5. The molecule has 4 rings (SSSR count). The summed E-state index contributed by atoms with van der Waals surface area (Å²) in [4.78, 5) is 36.5. The molecule has 1 saturated heterocycles. The van der Waals surface area contributed by atoms with E-state index in [2.05, 4.69) is 9.97 Å². The van der Waals surface area contributed by atoms with Gasteiger partial charge < -0.3 is 14.6 Å². The van der Waals surface area contributed by atoms with Crippen molar-refractivity contribution in [3.63, 3.8) is 0 Å². The molecular formula is C19H25N3O3S2. The Hall–Kier alpha value is -1.38. The fraction of sp³-hybridized carbons (Fsp3) is 0.632. The highest BCUT2D eigenvalue weighted by Crippen LogP contribution is 2.34. The summed E-state index contributed by atoms with van der Waals surface area (Å²) in [6, 6.07) is 0. The molecule has 0 saturated carbocycles. The molecular weight excluding hydrogens is 382 g/mol. The number of rotatable bonds is 5. The lowest BCUT2D eigenvalue weighted by Crippen LogP contribution is -2.48. The van der Waals surface area contributed by atoms with Crippen LogP contribution in [0.2, 0.25) is 0 Å². The van der Waals surface area contributed by atoms with E-state index in [-0.39, 0.29) is 23.7 Å². The molecule has 1 fully saturated rings. The van der Waals surface area contributed by atoms with E-state index in [1.807, 2.05) is 18.7 Å². The van der Waals surface area contributed by atoms with Crippen molar-refractivity contribution >= 4 is 39.2 Å². The summed E-state index contributed by atoms with van der Waals surface area (Å²) in [5.74, 6) is 2.23. The molecule has 0 radical (unpaired) electrons. The van der Waals surface area contributed by atoms with Gasteiger partial charge in [-0.3, -0.25) is 9.59 Å². The van der Waals surface area contributed by atoms with Crippen LogP contribution in [0.1, 0.15) is 43.0 Å². The van der Waals surface area contributed by atoms with Gasteiger partial charge in [-0.1, -0.05) is 0 Å². The van der Waals surface area contributed by atoms with Gasteiger partial charge in [-0.05, 0) is 38.7 Å². The van der Waals surface area contributed by atoms with Gasteiger partial charge in [0.15, 0.2) is 0 Å². The van der Waals surface area contributed by atoms with Gasteiger partial charge >= 0.3 is 0 Å². The van der Waals surface area contributed by atoms with Gasteiger partial charge in [-0.2, -0.15) is 11.8 Å². The van der Waals surface area contributed by atoms with Crippen LogP contribution in [0.3, 0.4) is 0 Å². The zero-order chi connectivity index (χ0) is 19.0. The number of aromatic amines is 1. The lowest BCUT2D eigenvalue weighted by molar-refractivity contribution is -0.142. The van der Waals surface area contributed by atoms with Crippen LogP contribution in [0, 0.1) is 0 Å². The third-order valence-electron chi connectivity index (χ3n) is 5.10. The van der Waals surface area contributed by atoms with Crippen LogP contribution in [-0.2, 0) is 28.1 Å². The van der Waals surface area contributed by atoms with E-state index in [0.29, 0.717) is 31.1 Å². The smallest absolute Gasteiger partial charge is 0.259 e. The monoisotopic (exact) mass is 407 g/mol. The average molecular weight is 408 g/mol. The number of nitrogens with zero attached hydrogens (tertiary/aromatic N) is 2. The van der Waals surface area contributed by atoms with E-state index in [4.69, 9.17) is 4.74 Å². The van der Waals surface area contributed by atoms with Crippen LogP contribution < -0.4 is 5.56 Å². The largest absolute Gasteiger partial charge is 0.372 e. The first-order valence-electron chi connectivity index (χ1n) is 9.55. The number of carbonyl (C=O) groups excluding carboxylic acids is 1. The molecule has 2 atom stereocenters. The van der Waals surface area contributed by atoms with Gasteiger partial charge in [0.1, 0.15) is 10.7 Å². The highest BCUT2D eigenvalue weighted by molar-refractivity contribution is 7.98. The van der Waals surface area contributed by atoms with Gasteiger partial charge in [0, 0.05) is 30.1 Å². The van der Waals surface area contributed by atoms with Crippen molar-refractivity contribution in [1.82, 2.24) is 14.9 Å². The Labute approximate surface area is 166 Å². The molecule has 2 unspecified atom stereocenters. The maximum Gasteiger partial charge on any atom is 0.259 e. The number of aryl methyl sites for hydroxylation is 2. The average Bonchev–Trinajstić information content (AvgIpc) is 3.18.